The summed E-state index contributed by atoms with van der Waals surface area (Å²) in [7, 11) is 0. The molecular formula is C45H32ClNO. The lowest BCUT2D eigenvalue weighted by molar-refractivity contribution is 0.660. The fourth-order valence-electron chi connectivity index (χ4n) is 7.47. The molecular weight excluding hydrogens is 606 g/mol. The van der Waals surface area contributed by atoms with Crippen molar-refractivity contribution in [2.45, 2.75) is 19.3 Å². The number of para-hydroxylation sites is 1. The van der Waals surface area contributed by atoms with Crippen LogP contribution in [-0.2, 0) is 5.41 Å². The van der Waals surface area contributed by atoms with E-state index in [1.807, 2.05) is 18.2 Å². The standard InChI is InChI=1S/C45H32ClNO/c1-45(2)39-17-8-6-15-35(39)38-27-41(46)42(28-40(38)45)47(33-22-19-30(20-23-33)29-11-4-3-5-12-29)34-14-10-13-31(25-34)32-21-24-37-36-16-7-9-18-43(36)48-44(37)26-32/h3-28H,1-2H3. The van der Waals surface area contributed by atoms with Gasteiger partial charge in [-0.25, -0.2) is 0 Å². The fourth-order valence-corrected chi connectivity index (χ4v) is 7.72. The fraction of sp³-hybridized carbons (Fsp3) is 0.0667. The minimum atomic E-state index is -0.155. The van der Waals surface area contributed by atoms with Gasteiger partial charge < -0.3 is 9.32 Å². The molecule has 8 aromatic rings. The van der Waals surface area contributed by atoms with Crippen molar-refractivity contribution in [2.24, 2.45) is 0 Å². The first kappa shape index (κ1) is 28.6. The van der Waals surface area contributed by atoms with Crippen LogP contribution in [0.5, 0.6) is 0 Å². The SMILES string of the molecule is CC1(C)c2ccccc2-c2cc(Cl)c(N(c3ccc(-c4ccccc4)cc3)c3cccc(-c4ccc5c(c4)oc4ccccc45)c3)cc21. The molecule has 3 heteroatoms. The Balaban J connectivity index is 1.20. The summed E-state index contributed by atoms with van der Waals surface area (Å²) in [5.41, 5.74) is 14.3. The molecule has 1 aliphatic rings. The van der Waals surface area contributed by atoms with Gasteiger partial charge >= 0.3 is 0 Å². The Morgan fingerprint density at radius 3 is 2.00 bits per heavy atom. The number of benzene rings is 7. The Bertz CT molecular complexity index is 2490. The maximum Gasteiger partial charge on any atom is 0.136 e. The lowest BCUT2D eigenvalue weighted by Crippen LogP contribution is -2.17. The summed E-state index contributed by atoms with van der Waals surface area (Å²) in [6.07, 6.45) is 0. The highest BCUT2D eigenvalue weighted by molar-refractivity contribution is 6.34. The van der Waals surface area contributed by atoms with Gasteiger partial charge in [0.05, 0.1) is 10.7 Å². The van der Waals surface area contributed by atoms with Gasteiger partial charge in [-0.15, -0.1) is 0 Å². The Morgan fingerprint density at radius 1 is 0.479 bits per heavy atom. The Kier molecular flexibility index (Phi) is 6.57. The van der Waals surface area contributed by atoms with E-state index in [0.29, 0.717) is 5.02 Å². The monoisotopic (exact) mass is 637 g/mol. The molecule has 0 fully saturated rings. The highest BCUT2D eigenvalue weighted by atomic mass is 35.5. The largest absolute Gasteiger partial charge is 0.456 e. The average molecular weight is 638 g/mol. The molecule has 48 heavy (non-hydrogen) atoms. The van der Waals surface area contributed by atoms with E-state index in [0.717, 1.165) is 50.1 Å². The highest BCUT2D eigenvalue weighted by Crippen LogP contribution is 2.52. The zero-order valence-corrected chi connectivity index (χ0v) is 27.5. The topological polar surface area (TPSA) is 16.4 Å². The summed E-state index contributed by atoms with van der Waals surface area (Å²) in [6.45, 7) is 4.62. The van der Waals surface area contributed by atoms with Crippen LogP contribution in [0.15, 0.2) is 162 Å². The van der Waals surface area contributed by atoms with Crippen molar-refractivity contribution in [1.29, 1.82) is 0 Å². The number of hydrogen-bond donors (Lipinski definition) is 0. The minimum absolute atomic E-state index is 0.155. The van der Waals surface area contributed by atoms with E-state index in [-0.39, 0.29) is 5.41 Å². The van der Waals surface area contributed by atoms with Crippen molar-refractivity contribution in [1.82, 2.24) is 0 Å². The van der Waals surface area contributed by atoms with Crippen LogP contribution in [0, 0.1) is 0 Å². The molecule has 0 bridgehead atoms. The first-order valence-corrected chi connectivity index (χ1v) is 16.7. The number of nitrogens with zero attached hydrogens (tertiary/aromatic N) is 1. The molecule has 0 N–H and O–H groups in total. The van der Waals surface area contributed by atoms with Crippen LogP contribution in [0.25, 0.3) is 55.3 Å². The van der Waals surface area contributed by atoms with Crippen molar-refractivity contribution in [3.63, 3.8) is 0 Å². The van der Waals surface area contributed by atoms with Crippen LogP contribution in [-0.4, -0.2) is 0 Å². The van der Waals surface area contributed by atoms with Crippen molar-refractivity contribution in [2.75, 3.05) is 4.90 Å². The molecule has 230 valence electrons. The molecule has 2 nitrogen and oxygen atoms in total. The predicted molar refractivity (Wildman–Crippen MR) is 202 cm³/mol. The maximum absolute atomic E-state index is 7.30. The minimum Gasteiger partial charge on any atom is -0.456 e. The lowest BCUT2D eigenvalue weighted by Gasteiger charge is -2.29. The Morgan fingerprint density at radius 2 is 1.15 bits per heavy atom. The predicted octanol–water partition coefficient (Wildman–Crippen LogP) is 13.3. The average Bonchev–Trinajstić information content (AvgIpc) is 3.61. The molecule has 0 radical (unpaired) electrons. The van der Waals surface area contributed by atoms with Crippen LogP contribution in [0.2, 0.25) is 5.02 Å². The van der Waals surface area contributed by atoms with Gasteiger partial charge in [0.25, 0.3) is 0 Å². The molecule has 7 aromatic carbocycles. The summed E-state index contributed by atoms with van der Waals surface area (Å²) in [6, 6.07) is 55.8. The molecule has 0 unspecified atom stereocenters. The molecule has 1 aromatic heterocycles. The Labute approximate surface area is 285 Å². The summed E-state index contributed by atoms with van der Waals surface area (Å²) in [4.78, 5) is 2.29. The highest BCUT2D eigenvalue weighted by Gasteiger charge is 2.36. The second-order valence-corrected chi connectivity index (χ2v) is 13.5. The first-order valence-electron chi connectivity index (χ1n) is 16.4. The number of rotatable bonds is 5. The zero-order valence-electron chi connectivity index (χ0n) is 26.7. The first-order chi connectivity index (χ1) is 23.5. The summed E-state index contributed by atoms with van der Waals surface area (Å²) in [5.74, 6) is 0. The molecule has 9 rings (SSSR count). The third-order valence-corrected chi connectivity index (χ3v) is 10.2. The second kappa shape index (κ2) is 11.0. The summed E-state index contributed by atoms with van der Waals surface area (Å²) >= 11 is 7.30. The van der Waals surface area contributed by atoms with E-state index >= 15 is 0 Å². The van der Waals surface area contributed by atoms with Crippen molar-refractivity contribution >= 4 is 50.6 Å². The van der Waals surface area contributed by atoms with Crippen molar-refractivity contribution < 1.29 is 4.42 Å². The van der Waals surface area contributed by atoms with E-state index < -0.39 is 0 Å². The summed E-state index contributed by atoms with van der Waals surface area (Å²) < 4.78 is 6.26. The van der Waals surface area contributed by atoms with Crippen molar-refractivity contribution in [3.8, 4) is 33.4 Å². The van der Waals surface area contributed by atoms with E-state index in [1.54, 1.807) is 0 Å². The van der Waals surface area contributed by atoms with E-state index in [9.17, 15) is 0 Å². The lowest BCUT2D eigenvalue weighted by atomic mass is 9.82. The third-order valence-electron chi connectivity index (χ3n) is 9.94. The Hall–Kier alpha value is -5.57. The molecule has 0 atom stereocenters. The van der Waals surface area contributed by atoms with Gasteiger partial charge in [0.2, 0.25) is 0 Å². The molecule has 0 amide bonds. The molecule has 1 heterocycles. The number of fused-ring (bicyclic) bond motifs is 6. The number of furan rings is 1. The molecule has 1 aliphatic carbocycles. The van der Waals surface area contributed by atoms with Gasteiger partial charge in [0.1, 0.15) is 11.2 Å². The van der Waals surface area contributed by atoms with E-state index in [2.05, 4.69) is 158 Å². The second-order valence-electron chi connectivity index (χ2n) is 13.1. The quantitative estimate of drug-likeness (QED) is 0.187. The number of halogens is 1. The number of hydrogen-bond acceptors (Lipinski definition) is 2. The normalized spacial score (nSPS) is 13.1. The van der Waals surface area contributed by atoms with Crippen LogP contribution >= 0.6 is 11.6 Å². The molecule has 0 saturated carbocycles. The smallest absolute Gasteiger partial charge is 0.136 e. The van der Waals surface area contributed by atoms with Gasteiger partial charge in [-0.1, -0.05) is 129 Å². The maximum atomic E-state index is 7.30. The van der Waals surface area contributed by atoms with Crippen LogP contribution in [0.3, 0.4) is 0 Å². The van der Waals surface area contributed by atoms with Gasteiger partial charge in [0, 0.05) is 27.6 Å². The van der Waals surface area contributed by atoms with Crippen LogP contribution in [0.4, 0.5) is 17.1 Å². The third kappa shape index (κ3) is 4.56. The van der Waals surface area contributed by atoms with E-state index in [1.165, 1.54) is 33.4 Å². The van der Waals surface area contributed by atoms with Gasteiger partial charge in [0.15, 0.2) is 0 Å². The molecule has 0 spiro atoms. The zero-order chi connectivity index (χ0) is 32.4. The molecule has 0 aliphatic heterocycles. The van der Waals surface area contributed by atoms with Gasteiger partial charge in [-0.3, -0.25) is 0 Å². The summed E-state index contributed by atoms with van der Waals surface area (Å²) in [5, 5.41) is 2.97. The van der Waals surface area contributed by atoms with Crippen LogP contribution < -0.4 is 4.90 Å². The van der Waals surface area contributed by atoms with Gasteiger partial charge in [-0.2, -0.15) is 0 Å². The number of anilines is 3. The van der Waals surface area contributed by atoms with Crippen LogP contribution in [0.1, 0.15) is 25.0 Å². The van der Waals surface area contributed by atoms with Crippen molar-refractivity contribution in [3.05, 3.63) is 174 Å². The van der Waals surface area contributed by atoms with Gasteiger partial charge in [-0.05, 0) is 99.1 Å². The van der Waals surface area contributed by atoms with E-state index in [4.69, 9.17) is 16.0 Å². The molecule has 0 saturated heterocycles.